The number of allylic oxidation sites excluding steroid dienone is 1. The summed E-state index contributed by atoms with van der Waals surface area (Å²) in [5.41, 5.74) is 1.51. The Morgan fingerprint density at radius 2 is 2.11 bits per heavy atom. The van der Waals surface area contributed by atoms with Crippen molar-refractivity contribution < 1.29 is 14.3 Å². The maximum atomic E-state index is 10.9. The molecule has 0 atom stereocenters. The monoisotopic (exact) mass is 248 g/mol. The molecule has 0 bridgehead atoms. The van der Waals surface area contributed by atoms with Crippen LogP contribution in [-0.2, 0) is 6.42 Å². The van der Waals surface area contributed by atoms with E-state index in [1.165, 1.54) is 0 Å². The molecule has 0 aliphatic heterocycles. The summed E-state index contributed by atoms with van der Waals surface area (Å²) in [6, 6.07) is 3.52. The molecule has 0 aliphatic rings. The van der Waals surface area contributed by atoms with Crippen LogP contribution in [0.5, 0.6) is 11.5 Å². The van der Waals surface area contributed by atoms with Crippen molar-refractivity contribution >= 4 is 6.29 Å². The molecular weight excluding hydrogens is 228 g/mol. The van der Waals surface area contributed by atoms with E-state index in [-0.39, 0.29) is 6.10 Å². The van der Waals surface area contributed by atoms with Crippen LogP contribution in [-0.4, -0.2) is 19.0 Å². The molecule has 1 rings (SSSR count). The molecule has 1 aromatic carbocycles. The third-order valence-electron chi connectivity index (χ3n) is 2.31. The fraction of sp³-hybridized carbons (Fsp3) is 0.400. The number of hydrogen-bond acceptors (Lipinski definition) is 3. The maximum absolute atomic E-state index is 10.9. The Hall–Kier alpha value is -1.77. The van der Waals surface area contributed by atoms with Crippen molar-refractivity contribution in [1.29, 1.82) is 0 Å². The molecule has 0 amide bonds. The van der Waals surface area contributed by atoms with Crippen LogP contribution in [0.25, 0.3) is 0 Å². The molecule has 1 aromatic rings. The van der Waals surface area contributed by atoms with Gasteiger partial charge in [-0.3, -0.25) is 4.79 Å². The topological polar surface area (TPSA) is 35.5 Å². The molecule has 0 saturated heterocycles. The van der Waals surface area contributed by atoms with Gasteiger partial charge in [0.1, 0.15) is 6.29 Å². The van der Waals surface area contributed by atoms with Crippen molar-refractivity contribution in [2.45, 2.75) is 33.3 Å². The predicted octanol–water partition coefficient (Wildman–Crippen LogP) is 3.41. The van der Waals surface area contributed by atoms with Gasteiger partial charge in [0.15, 0.2) is 11.5 Å². The van der Waals surface area contributed by atoms with Gasteiger partial charge in [-0.2, -0.15) is 0 Å². The Kier molecular flexibility index (Phi) is 5.43. The normalized spacial score (nSPS) is 10.2. The van der Waals surface area contributed by atoms with Crippen LogP contribution in [0.2, 0.25) is 0 Å². The molecule has 0 aliphatic carbocycles. The second kappa shape index (κ2) is 6.84. The van der Waals surface area contributed by atoms with Gasteiger partial charge in [0.2, 0.25) is 0 Å². The molecule has 98 valence electrons. The number of benzene rings is 1. The van der Waals surface area contributed by atoms with Gasteiger partial charge in [-0.1, -0.05) is 6.08 Å². The second-order valence-electron chi connectivity index (χ2n) is 4.22. The molecule has 0 N–H and O–H groups in total. The van der Waals surface area contributed by atoms with Gasteiger partial charge >= 0.3 is 0 Å². The van der Waals surface area contributed by atoms with E-state index in [1.54, 1.807) is 12.1 Å². The molecule has 0 heterocycles. The molecule has 0 aromatic heterocycles. The molecule has 3 nitrogen and oxygen atoms in total. The lowest BCUT2D eigenvalue weighted by Gasteiger charge is -2.18. The lowest BCUT2D eigenvalue weighted by atomic mass is 10.1. The zero-order valence-electron chi connectivity index (χ0n) is 11.2. The number of carbonyl (C=O) groups excluding carboxylic acids is 1. The Morgan fingerprint density at radius 3 is 2.61 bits per heavy atom. The quantitative estimate of drug-likeness (QED) is 0.548. The molecule has 0 fully saturated rings. The van der Waals surface area contributed by atoms with Crippen molar-refractivity contribution in [3.05, 3.63) is 35.9 Å². The first kappa shape index (κ1) is 14.3. The smallest absolute Gasteiger partial charge is 0.165 e. The van der Waals surface area contributed by atoms with Crippen molar-refractivity contribution in [2.75, 3.05) is 6.61 Å². The van der Waals surface area contributed by atoms with Crippen LogP contribution in [0.15, 0.2) is 24.8 Å². The fourth-order valence-corrected chi connectivity index (χ4v) is 1.69. The van der Waals surface area contributed by atoms with E-state index in [0.717, 1.165) is 11.8 Å². The van der Waals surface area contributed by atoms with Gasteiger partial charge in [0.25, 0.3) is 0 Å². The molecule has 0 spiro atoms. The summed E-state index contributed by atoms with van der Waals surface area (Å²) in [5.74, 6) is 1.32. The lowest BCUT2D eigenvalue weighted by molar-refractivity contribution is 0.112. The van der Waals surface area contributed by atoms with E-state index >= 15 is 0 Å². The zero-order valence-corrected chi connectivity index (χ0v) is 11.2. The number of aldehydes is 1. The number of ether oxygens (including phenoxy) is 2. The van der Waals surface area contributed by atoms with Gasteiger partial charge < -0.3 is 9.47 Å². The first-order valence-electron chi connectivity index (χ1n) is 6.14. The third-order valence-corrected chi connectivity index (χ3v) is 2.31. The average molecular weight is 248 g/mol. The predicted molar refractivity (Wildman–Crippen MR) is 72.7 cm³/mol. The minimum absolute atomic E-state index is 0.0508. The van der Waals surface area contributed by atoms with Gasteiger partial charge in [0, 0.05) is 11.1 Å². The van der Waals surface area contributed by atoms with Crippen LogP contribution in [0, 0.1) is 0 Å². The molecule has 0 saturated carbocycles. The second-order valence-corrected chi connectivity index (χ2v) is 4.22. The first-order valence-corrected chi connectivity index (χ1v) is 6.14. The van der Waals surface area contributed by atoms with E-state index in [9.17, 15) is 4.79 Å². The maximum Gasteiger partial charge on any atom is 0.165 e. The third kappa shape index (κ3) is 3.62. The van der Waals surface area contributed by atoms with Gasteiger partial charge in [-0.25, -0.2) is 0 Å². The van der Waals surface area contributed by atoms with Gasteiger partial charge in [0.05, 0.1) is 12.7 Å². The van der Waals surface area contributed by atoms with E-state index in [0.29, 0.717) is 30.1 Å². The van der Waals surface area contributed by atoms with E-state index in [2.05, 4.69) is 6.58 Å². The number of hydrogen-bond donors (Lipinski definition) is 0. The van der Waals surface area contributed by atoms with Crippen molar-refractivity contribution in [3.63, 3.8) is 0 Å². The highest BCUT2D eigenvalue weighted by atomic mass is 16.5. The highest BCUT2D eigenvalue weighted by molar-refractivity contribution is 5.77. The highest BCUT2D eigenvalue weighted by Gasteiger charge is 2.14. The Bertz CT molecular complexity index is 422. The van der Waals surface area contributed by atoms with Crippen LogP contribution < -0.4 is 9.47 Å². The van der Waals surface area contributed by atoms with Crippen LogP contribution in [0.3, 0.4) is 0 Å². The van der Waals surface area contributed by atoms with E-state index in [4.69, 9.17) is 9.47 Å². The van der Waals surface area contributed by atoms with E-state index < -0.39 is 0 Å². The fourth-order valence-electron chi connectivity index (χ4n) is 1.69. The number of rotatable bonds is 7. The van der Waals surface area contributed by atoms with Crippen LogP contribution >= 0.6 is 0 Å². The summed E-state index contributed by atoms with van der Waals surface area (Å²) in [5, 5.41) is 0. The van der Waals surface area contributed by atoms with Gasteiger partial charge in [-0.15, -0.1) is 6.58 Å². The largest absolute Gasteiger partial charge is 0.490 e. The Balaban J connectivity index is 3.28. The molecule has 0 radical (unpaired) electrons. The average Bonchev–Trinajstić information content (AvgIpc) is 2.33. The minimum Gasteiger partial charge on any atom is -0.490 e. The van der Waals surface area contributed by atoms with Crippen LogP contribution in [0.1, 0.15) is 36.7 Å². The van der Waals surface area contributed by atoms with E-state index in [1.807, 2.05) is 26.8 Å². The molecular formula is C15H20O3. The van der Waals surface area contributed by atoms with Gasteiger partial charge in [-0.05, 0) is 39.3 Å². The van der Waals surface area contributed by atoms with Crippen molar-refractivity contribution in [2.24, 2.45) is 0 Å². The molecule has 3 heteroatoms. The lowest BCUT2D eigenvalue weighted by Crippen LogP contribution is -2.10. The summed E-state index contributed by atoms with van der Waals surface area (Å²) in [6.45, 7) is 10.1. The zero-order chi connectivity index (χ0) is 13.5. The highest BCUT2D eigenvalue weighted by Crippen LogP contribution is 2.34. The summed E-state index contributed by atoms with van der Waals surface area (Å²) in [7, 11) is 0. The first-order chi connectivity index (χ1) is 8.62. The number of carbonyl (C=O) groups is 1. The summed E-state index contributed by atoms with van der Waals surface area (Å²) >= 11 is 0. The summed E-state index contributed by atoms with van der Waals surface area (Å²) in [4.78, 5) is 10.9. The minimum atomic E-state index is 0.0508. The molecule has 18 heavy (non-hydrogen) atoms. The SMILES string of the molecule is C=CCc1cc(C=O)cc(OCC)c1OC(C)C. The van der Waals surface area contributed by atoms with Crippen LogP contribution in [0.4, 0.5) is 0 Å². The summed E-state index contributed by atoms with van der Waals surface area (Å²) < 4.78 is 11.3. The standard InChI is InChI=1S/C15H20O3/c1-5-7-13-8-12(10-16)9-14(17-6-2)15(13)18-11(3)4/h5,8-11H,1,6-7H2,2-4H3. The molecule has 0 unspecified atom stereocenters. The van der Waals surface area contributed by atoms with Crippen molar-refractivity contribution in [1.82, 2.24) is 0 Å². The Morgan fingerprint density at radius 1 is 1.39 bits per heavy atom. The summed E-state index contributed by atoms with van der Waals surface area (Å²) in [6.07, 6.45) is 3.29. The van der Waals surface area contributed by atoms with Crippen molar-refractivity contribution in [3.8, 4) is 11.5 Å². The Labute approximate surface area is 108 Å².